The number of nitrogens with zero attached hydrogens (tertiary/aromatic N) is 1. The maximum Gasteiger partial charge on any atom is 0.313 e. The van der Waals surface area contributed by atoms with Crippen LogP contribution in [0.3, 0.4) is 0 Å². The van der Waals surface area contributed by atoms with Gasteiger partial charge in [-0.15, -0.1) is 0 Å². The van der Waals surface area contributed by atoms with Crippen molar-refractivity contribution in [2.24, 2.45) is 11.3 Å². The SMILES string of the molecule is COc1cc(CN2CC[C@@H](O)[C@](CCC(C)C)(C(=O)O)C2)cc(Cl)c1OC. The smallest absolute Gasteiger partial charge is 0.313 e. The van der Waals surface area contributed by atoms with Crippen molar-refractivity contribution in [3.63, 3.8) is 0 Å². The van der Waals surface area contributed by atoms with Gasteiger partial charge in [0.05, 0.1) is 25.3 Å². The summed E-state index contributed by atoms with van der Waals surface area (Å²) < 4.78 is 10.6. The molecule has 2 atom stereocenters. The molecular formula is C20H30ClNO5. The van der Waals surface area contributed by atoms with Gasteiger partial charge in [0.15, 0.2) is 11.5 Å². The summed E-state index contributed by atoms with van der Waals surface area (Å²) in [7, 11) is 3.09. The van der Waals surface area contributed by atoms with Gasteiger partial charge < -0.3 is 19.7 Å². The summed E-state index contributed by atoms with van der Waals surface area (Å²) >= 11 is 6.29. The third kappa shape index (κ3) is 4.86. The van der Waals surface area contributed by atoms with Crippen LogP contribution < -0.4 is 9.47 Å². The van der Waals surface area contributed by atoms with Crippen LogP contribution in [0.2, 0.25) is 5.02 Å². The van der Waals surface area contributed by atoms with Gasteiger partial charge in [-0.1, -0.05) is 25.4 Å². The molecule has 0 spiro atoms. The highest BCUT2D eigenvalue weighted by molar-refractivity contribution is 6.32. The number of ether oxygens (including phenoxy) is 2. The lowest BCUT2D eigenvalue weighted by atomic mass is 9.72. The lowest BCUT2D eigenvalue weighted by molar-refractivity contribution is -0.165. The van der Waals surface area contributed by atoms with E-state index < -0.39 is 17.5 Å². The van der Waals surface area contributed by atoms with Crippen LogP contribution in [0.4, 0.5) is 0 Å². The number of halogens is 1. The number of aliphatic hydroxyl groups is 1. The molecule has 2 rings (SSSR count). The number of aliphatic carboxylic acids is 1. The second-order valence-electron chi connectivity index (χ2n) is 7.72. The van der Waals surface area contributed by atoms with E-state index in [0.29, 0.717) is 54.9 Å². The van der Waals surface area contributed by atoms with Crippen LogP contribution in [-0.4, -0.2) is 54.5 Å². The van der Waals surface area contributed by atoms with E-state index in [9.17, 15) is 15.0 Å². The Balaban J connectivity index is 2.22. The quantitative estimate of drug-likeness (QED) is 0.697. The first-order valence-electron chi connectivity index (χ1n) is 9.27. The Bertz CT molecular complexity index is 666. The Morgan fingerprint density at radius 1 is 1.37 bits per heavy atom. The molecule has 1 aliphatic heterocycles. The first kappa shape index (κ1) is 21.8. The average molecular weight is 400 g/mol. The minimum atomic E-state index is -1.14. The minimum absolute atomic E-state index is 0.308. The van der Waals surface area contributed by atoms with E-state index >= 15 is 0 Å². The number of carbonyl (C=O) groups is 1. The molecule has 7 heteroatoms. The fraction of sp³-hybridized carbons (Fsp3) is 0.650. The molecule has 1 fully saturated rings. The molecule has 0 radical (unpaired) electrons. The second kappa shape index (κ2) is 9.13. The highest BCUT2D eigenvalue weighted by Gasteiger charge is 2.48. The zero-order chi connectivity index (χ0) is 20.2. The number of likely N-dealkylation sites (tertiary alicyclic amines) is 1. The van der Waals surface area contributed by atoms with E-state index in [4.69, 9.17) is 21.1 Å². The van der Waals surface area contributed by atoms with Gasteiger partial charge in [-0.3, -0.25) is 9.69 Å². The van der Waals surface area contributed by atoms with Crippen molar-refractivity contribution in [1.82, 2.24) is 4.90 Å². The molecule has 0 bridgehead atoms. The van der Waals surface area contributed by atoms with Gasteiger partial charge in [0.25, 0.3) is 0 Å². The molecule has 1 heterocycles. The Kier molecular flexibility index (Phi) is 7.37. The van der Waals surface area contributed by atoms with E-state index in [1.54, 1.807) is 7.11 Å². The Morgan fingerprint density at radius 2 is 2.07 bits per heavy atom. The number of benzene rings is 1. The monoisotopic (exact) mass is 399 g/mol. The molecular weight excluding hydrogens is 370 g/mol. The molecule has 0 aromatic heterocycles. The topological polar surface area (TPSA) is 79.2 Å². The summed E-state index contributed by atoms with van der Waals surface area (Å²) in [4.78, 5) is 14.2. The Hall–Kier alpha value is -1.50. The predicted molar refractivity (Wildman–Crippen MR) is 105 cm³/mol. The van der Waals surface area contributed by atoms with E-state index in [2.05, 4.69) is 18.7 Å². The van der Waals surface area contributed by atoms with Crippen LogP contribution in [0.5, 0.6) is 11.5 Å². The lowest BCUT2D eigenvalue weighted by Gasteiger charge is -2.43. The molecule has 1 aliphatic rings. The number of hydrogen-bond donors (Lipinski definition) is 2. The lowest BCUT2D eigenvalue weighted by Crippen LogP contribution is -2.55. The summed E-state index contributed by atoms with van der Waals surface area (Å²) in [5, 5.41) is 20.9. The Labute approximate surface area is 166 Å². The van der Waals surface area contributed by atoms with E-state index in [1.807, 2.05) is 12.1 Å². The third-order valence-electron chi connectivity index (χ3n) is 5.36. The summed E-state index contributed by atoms with van der Waals surface area (Å²) in [6.45, 7) is 5.60. The van der Waals surface area contributed by atoms with Crippen LogP contribution in [0.1, 0.15) is 38.7 Å². The van der Waals surface area contributed by atoms with E-state index in [1.165, 1.54) is 7.11 Å². The number of aliphatic hydroxyl groups excluding tert-OH is 1. The summed E-state index contributed by atoms with van der Waals surface area (Å²) in [6, 6.07) is 3.66. The summed E-state index contributed by atoms with van der Waals surface area (Å²) in [6.07, 6.45) is 0.828. The molecule has 1 saturated heterocycles. The second-order valence-corrected chi connectivity index (χ2v) is 8.13. The molecule has 1 aromatic rings. The Morgan fingerprint density at radius 3 is 2.63 bits per heavy atom. The molecule has 152 valence electrons. The van der Waals surface area contributed by atoms with Gasteiger partial charge in [0, 0.05) is 19.6 Å². The number of rotatable bonds is 8. The molecule has 0 aliphatic carbocycles. The number of carboxylic acid groups (broad SMARTS) is 1. The molecule has 1 aromatic carbocycles. The van der Waals surface area contributed by atoms with Crippen LogP contribution >= 0.6 is 11.6 Å². The first-order valence-corrected chi connectivity index (χ1v) is 9.65. The highest BCUT2D eigenvalue weighted by atomic mass is 35.5. The largest absolute Gasteiger partial charge is 0.493 e. The minimum Gasteiger partial charge on any atom is -0.493 e. The van der Waals surface area contributed by atoms with Crippen molar-refractivity contribution in [3.05, 3.63) is 22.7 Å². The predicted octanol–water partition coefficient (Wildman–Crippen LogP) is 3.43. The van der Waals surface area contributed by atoms with Crippen molar-refractivity contribution in [3.8, 4) is 11.5 Å². The van der Waals surface area contributed by atoms with Crippen LogP contribution in [0, 0.1) is 11.3 Å². The number of methoxy groups -OCH3 is 2. The van der Waals surface area contributed by atoms with Gasteiger partial charge >= 0.3 is 5.97 Å². The summed E-state index contributed by atoms with van der Waals surface area (Å²) in [5.74, 6) is 0.481. The van der Waals surface area contributed by atoms with Crippen molar-refractivity contribution in [1.29, 1.82) is 0 Å². The number of hydrogen-bond acceptors (Lipinski definition) is 5. The molecule has 0 saturated carbocycles. The fourth-order valence-electron chi connectivity index (χ4n) is 3.73. The van der Waals surface area contributed by atoms with Gasteiger partial charge in [0.2, 0.25) is 0 Å². The number of piperidine rings is 1. The van der Waals surface area contributed by atoms with Crippen molar-refractivity contribution >= 4 is 17.6 Å². The van der Waals surface area contributed by atoms with E-state index in [-0.39, 0.29) is 0 Å². The normalized spacial score (nSPS) is 23.4. The molecule has 0 amide bonds. The average Bonchev–Trinajstić information content (AvgIpc) is 2.61. The highest BCUT2D eigenvalue weighted by Crippen LogP contribution is 2.39. The first-order chi connectivity index (χ1) is 12.7. The van der Waals surface area contributed by atoms with Crippen molar-refractivity contribution in [2.75, 3.05) is 27.3 Å². The zero-order valence-corrected chi connectivity index (χ0v) is 17.3. The maximum absolute atomic E-state index is 12.1. The molecule has 2 N–H and O–H groups in total. The molecule has 6 nitrogen and oxygen atoms in total. The van der Waals surface area contributed by atoms with Gasteiger partial charge in [-0.2, -0.15) is 0 Å². The summed E-state index contributed by atoms with van der Waals surface area (Å²) in [5.41, 5.74) is -0.222. The van der Waals surface area contributed by atoms with Crippen molar-refractivity contribution < 1.29 is 24.5 Å². The van der Waals surface area contributed by atoms with Gasteiger partial charge in [0.1, 0.15) is 5.41 Å². The number of carboxylic acids is 1. The van der Waals surface area contributed by atoms with Crippen LogP contribution in [-0.2, 0) is 11.3 Å². The van der Waals surface area contributed by atoms with Crippen LogP contribution in [0.15, 0.2) is 12.1 Å². The maximum atomic E-state index is 12.1. The molecule has 27 heavy (non-hydrogen) atoms. The zero-order valence-electron chi connectivity index (χ0n) is 16.5. The van der Waals surface area contributed by atoms with Crippen molar-refractivity contribution in [2.45, 2.75) is 45.8 Å². The van der Waals surface area contributed by atoms with E-state index in [0.717, 1.165) is 12.0 Å². The van der Waals surface area contributed by atoms with Gasteiger partial charge in [-0.05, 0) is 42.9 Å². The fourth-order valence-corrected chi connectivity index (χ4v) is 4.04. The third-order valence-corrected chi connectivity index (χ3v) is 5.64. The standard InChI is InChI=1S/C20H30ClNO5/c1-13(2)5-7-20(19(24)25)12-22(8-6-17(20)23)11-14-9-15(21)18(27-4)16(10-14)26-3/h9-10,13,17,23H,5-8,11-12H2,1-4H3,(H,24,25)/t17-,20-/m1/s1. The van der Waals surface area contributed by atoms with Gasteiger partial charge in [-0.25, -0.2) is 0 Å². The molecule has 0 unspecified atom stereocenters. The van der Waals surface area contributed by atoms with Crippen LogP contribution in [0.25, 0.3) is 0 Å².